The molecule has 0 heterocycles. The molecule has 1 atom stereocenters. The molecular weight excluding hydrogens is 326 g/mol. The maximum atomic E-state index is 12.2. The predicted molar refractivity (Wildman–Crippen MR) is 103 cm³/mol. The molecule has 0 aliphatic heterocycles. The standard InChI is InChI=1S/C22H27NO3/c1-16(24)20(14-17-8-6-5-7-9-17)23-21(25)15-26-19-12-10-18(11-13-19)22(2,3)4/h5-13,20H,14-15H2,1-4H3,(H,23,25)/t20-/m0/s1. The molecule has 4 heteroatoms. The van der Waals surface area contributed by atoms with Gasteiger partial charge in [-0.15, -0.1) is 0 Å². The van der Waals surface area contributed by atoms with Crippen LogP contribution >= 0.6 is 0 Å². The third-order valence-electron chi connectivity index (χ3n) is 4.20. The van der Waals surface area contributed by atoms with Gasteiger partial charge in [0.2, 0.25) is 0 Å². The molecule has 0 unspecified atom stereocenters. The molecule has 0 aromatic heterocycles. The summed E-state index contributed by atoms with van der Waals surface area (Å²) in [5.41, 5.74) is 2.28. The lowest BCUT2D eigenvalue weighted by Gasteiger charge is -2.19. The van der Waals surface area contributed by atoms with E-state index in [2.05, 4.69) is 26.1 Å². The van der Waals surface area contributed by atoms with Crippen LogP contribution in [-0.2, 0) is 21.4 Å². The molecule has 2 aromatic carbocycles. The van der Waals surface area contributed by atoms with Crippen LogP contribution < -0.4 is 10.1 Å². The Morgan fingerprint density at radius 2 is 1.62 bits per heavy atom. The molecule has 0 bridgehead atoms. The summed E-state index contributed by atoms with van der Waals surface area (Å²) in [6.07, 6.45) is 0.474. The maximum Gasteiger partial charge on any atom is 0.258 e. The fourth-order valence-corrected chi connectivity index (χ4v) is 2.58. The Kier molecular flexibility index (Phi) is 6.56. The monoisotopic (exact) mass is 353 g/mol. The van der Waals surface area contributed by atoms with Crippen LogP contribution in [0.15, 0.2) is 54.6 Å². The molecule has 2 rings (SSSR count). The van der Waals surface area contributed by atoms with E-state index < -0.39 is 6.04 Å². The van der Waals surface area contributed by atoms with Crippen molar-refractivity contribution in [2.45, 2.75) is 45.6 Å². The van der Waals surface area contributed by atoms with Crippen molar-refractivity contribution < 1.29 is 14.3 Å². The number of carbonyl (C=O) groups is 2. The SMILES string of the molecule is CC(=O)[C@H](Cc1ccccc1)NC(=O)COc1ccc(C(C)(C)C)cc1. The van der Waals surface area contributed by atoms with Gasteiger partial charge in [0.25, 0.3) is 5.91 Å². The van der Waals surface area contributed by atoms with Crippen molar-refractivity contribution in [1.29, 1.82) is 0 Å². The zero-order chi connectivity index (χ0) is 19.2. The Morgan fingerprint density at radius 3 is 2.15 bits per heavy atom. The fraction of sp³-hybridized carbons (Fsp3) is 0.364. The van der Waals surface area contributed by atoms with Gasteiger partial charge in [-0.3, -0.25) is 9.59 Å². The van der Waals surface area contributed by atoms with E-state index in [0.29, 0.717) is 12.2 Å². The lowest BCUT2D eigenvalue weighted by Crippen LogP contribution is -2.43. The number of Topliss-reactive ketones (excluding diaryl/α,β-unsaturated/α-hetero) is 1. The lowest BCUT2D eigenvalue weighted by molar-refractivity contribution is -0.128. The molecule has 0 fully saturated rings. The highest BCUT2D eigenvalue weighted by Gasteiger charge is 2.18. The van der Waals surface area contributed by atoms with Gasteiger partial charge in [0.15, 0.2) is 12.4 Å². The second-order valence-electron chi connectivity index (χ2n) is 7.48. The molecule has 0 aliphatic carbocycles. The quantitative estimate of drug-likeness (QED) is 0.826. The summed E-state index contributed by atoms with van der Waals surface area (Å²) in [6, 6.07) is 16.8. The van der Waals surface area contributed by atoms with Gasteiger partial charge in [-0.25, -0.2) is 0 Å². The summed E-state index contributed by atoms with van der Waals surface area (Å²) in [5, 5.41) is 2.76. The molecule has 0 aliphatic rings. The summed E-state index contributed by atoms with van der Waals surface area (Å²) in [7, 11) is 0. The Hall–Kier alpha value is -2.62. The lowest BCUT2D eigenvalue weighted by atomic mass is 9.87. The maximum absolute atomic E-state index is 12.2. The van der Waals surface area contributed by atoms with Crippen molar-refractivity contribution >= 4 is 11.7 Å². The van der Waals surface area contributed by atoms with Crippen LogP contribution in [0.4, 0.5) is 0 Å². The van der Waals surface area contributed by atoms with Crippen LogP contribution in [0.3, 0.4) is 0 Å². The smallest absolute Gasteiger partial charge is 0.258 e. The molecule has 1 amide bonds. The third-order valence-corrected chi connectivity index (χ3v) is 4.20. The average molecular weight is 353 g/mol. The van der Waals surface area contributed by atoms with Crippen LogP contribution in [-0.4, -0.2) is 24.3 Å². The van der Waals surface area contributed by atoms with E-state index >= 15 is 0 Å². The highest BCUT2D eigenvalue weighted by molar-refractivity contribution is 5.88. The molecule has 2 aromatic rings. The number of hydrogen-bond donors (Lipinski definition) is 1. The number of ketones is 1. The summed E-state index contributed by atoms with van der Waals surface area (Å²) in [6.45, 7) is 7.80. The van der Waals surface area contributed by atoms with E-state index in [1.54, 1.807) is 0 Å². The molecule has 138 valence electrons. The van der Waals surface area contributed by atoms with E-state index in [4.69, 9.17) is 4.74 Å². The minimum Gasteiger partial charge on any atom is -0.484 e. The normalized spacial score (nSPS) is 12.3. The van der Waals surface area contributed by atoms with E-state index in [0.717, 1.165) is 5.56 Å². The number of nitrogens with one attached hydrogen (secondary N) is 1. The molecule has 26 heavy (non-hydrogen) atoms. The molecule has 0 spiro atoms. The number of ether oxygens (including phenoxy) is 1. The first-order valence-electron chi connectivity index (χ1n) is 8.83. The predicted octanol–water partition coefficient (Wildman–Crippen LogP) is 3.68. The first-order valence-corrected chi connectivity index (χ1v) is 8.83. The number of rotatable bonds is 7. The minimum absolute atomic E-state index is 0.0715. The van der Waals surface area contributed by atoms with Gasteiger partial charge >= 0.3 is 0 Å². The van der Waals surface area contributed by atoms with Crippen molar-refractivity contribution in [2.24, 2.45) is 0 Å². The zero-order valence-corrected chi connectivity index (χ0v) is 15.9. The van der Waals surface area contributed by atoms with Gasteiger partial charge in [0.05, 0.1) is 6.04 Å². The summed E-state index contributed by atoms with van der Waals surface area (Å²) < 4.78 is 5.54. The summed E-state index contributed by atoms with van der Waals surface area (Å²) >= 11 is 0. The highest BCUT2D eigenvalue weighted by atomic mass is 16.5. The fourth-order valence-electron chi connectivity index (χ4n) is 2.58. The van der Waals surface area contributed by atoms with Crippen molar-refractivity contribution in [3.05, 3.63) is 65.7 Å². The molecule has 4 nitrogen and oxygen atoms in total. The first kappa shape index (κ1) is 19.7. The Labute approximate surface area is 155 Å². The van der Waals surface area contributed by atoms with Crippen LogP contribution in [0, 0.1) is 0 Å². The second-order valence-corrected chi connectivity index (χ2v) is 7.48. The topological polar surface area (TPSA) is 55.4 Å². The van der Waals surface area contributed by atoms with Gasteiger partial charge in [-0.05, 0) is 42.0 Å². The van der Waals surface area contributed by atoms with Crippen LogP contribution in [0.5, 0.6) is 5.75 Å². The van der Waals surface area contributed by atoms with Gasteiger partial charge in [0, 0.05) is 0 Å². The number of carbonyl (C=O) groups excluding carboxylic acids is 2. The van der Waals surface area contributed by atoms with E-state index in [9.17, 15) is 9.59 Å². The van der Waals surface area contributed by atoms with Gasteiger partial charge in [-0.2, -0.15) is 0 Å². The van der Waals surface area contributed by atoms with E-state index in [1.165, 1.54) is 12.5 Å². The molecule has 0 radical (unpaired) electrons. The number of amides is 1. The molecule has 0 saturated carbocycles. The highest BCUT2D eigenvalue weighted by Crippen LogP contribution is 2.24. The van der Waals surface area contributed by atoms with Gasteiger partial charge in [0.1, 0.15) is 5.75 Å². The van der Waals surface area contributed by atoms with Crippen LogP contribution in [0.25, 0.3) is 0 Å². The number of benzene rings is 2. The second kappa shape index (κ2) is 8.65. The molecule has 1 N–H and O–H groups in total. The summed E-state index contributed by atoms with van der Waals surface area (Å²) in [5.74, 6) is 0.258. The molecular formula is C22H27NO3. The minimum atomic E-state index is -0.545. The van der Waals surface area contributed by atoms with Crippen molar-refractivity contribution in [1.82, 2.24) is 5.32 Å². The Balaban J connectivity index is 1.89. The van der Waals surface area contributed by atoms with E-state index in [-0.39, 0.29) is 23.7 Å². The Morgan fingerprint density at radius 1 is 1.00 bits per heavy atom. The number of hydrogen-bond acceptors (Lipinski definition) is 3. The summed E-state index contributed by atoms with van der Waals surface area (Å²) in [4.78, 5) is 24.0. The third kappa shape index (κ3) is 6.03. The van der Waals surface area contributed by atoms with Crippen LogP contribution in [0.2, 0.25) is 0 Å². The largest absolute Gasteiger partial charge is 0.484 e. The van der Waals surface area contributed by atoms with Gasteiger partial charge in [-0.1, -0.05) is 63.2 Å². The van der Waals surface area contributed by atoms with E-state index in [1.807, 2.05) is 54.6 Å². The molecule has 0 saturated heterocycles. The first-order chi connectivity index (χ1) is 12.3. The Bertz CT molecular complexity index is 730. The average Bonchev–Trinajstić information content (AvgIpc) is 2.60. The van der Waals surface area contributed by atoms with Crippen LogP contribution in [0.1, 0.15) is 38.8 Å². The van der Waals surface area contributed by atoms with Crippen molar-refractivity contribution in [3.8, 4) is 5.75 Å². The van der Waals surface area contributed by atoms with Crippen molar-refractivity contribution in [2.75, 3.05) is 6.61 Å². The van der Waals surface area contributed by atoms with Crippen molar-refractivity contribution in [3.63, 3.8) is 0 Å². The zero-order valence-electron chi connectivity index (χ0n) is 15.9. The van der Waals surface area contributed by atoms with Gasteiger partial charge < -0.3 is 10.1 Å².